The first-order valence-electron chi connectivity index (χ1n) is 5.48. The van der Waals surface area contributed by atoms with E-state index in [1.807, 2.05) is 6.92 Å². The Balaban J connectivity index is 1.99. The predicted molar refractivity (Wildman–Crippen MR) is 62.6 cm³/mol. The largest absolute Gasteiger partial charge is 0.506 e. The van der Waals surface area contributed by atoms with Crippen LogP contribution >= 0.6 is 0 Å². The summed E-state index contributed by atoms with van der Waals surface area (Å²) in [5, 5.41) is 14.5. The van der Waals surface area contributed by atoms with Gasteiger partial charge < -0.3 is 15.7 Å². The molecule has 0 radical (unpaired) electrons. The Morgan fingerprint density at radius 1 is 1.29 bits per heavy atom. The SMILES string of the molecule is Cc1ccc(NC(=O)C(=O)NC2CC2)c(O)c1. The van der Waals surface area contributed by atoms with E-state index in [1.54, 1.807) is 12.1 Å². The molecule has 1 fully saturated rings. The van der Waals surface area contributed by atoms with Gasteiger partial charge in [0.1, 0.15) is 5.75 Å². The molecule has 0 atom stereocenters. The molecule has 17 heavy (non-hydrogen) atoms. The summed E-state index contributed by atoms with van der Waals surface area (Å²) in [7, 11) is 0. The van der Waals surface area contributed by atoms with Crippen molar-refractivity contribution < 1.29 is 14.7 Å². The van der Waals surface area contributed by atoms with Crippen LogP contribution in [0.25, 0.3) is 0 Å². The van der Waals surface area contributed by atoms with Gasteiger partial charge in [0.05, 0.1) is 5.69 Å². The number of aromatic hydroxyl groups is 1. The third-order valence-corrected chi connectivity index (χ3v) is 2.52. The van der Waals surface area contributed by atoms with E-state index in [-0.39, 0.29) is 17.5 Å². The fourth-order valence-electron chi connectivity index (χ4n) is 1.41. The van der Waals surface area contributed by atoms with E-state index in [2.05, 4.69) is 10.6 Å². The van der Waals surface area contributed by atoms with Crippen molar-refractivity contribution in [1.82, 2.24) is 5.32 Å². The van der Waals surface area contributed by atoms with Crippen molar-refractivity contribution in [3.8, 4) is 5.75 Å². The Labute approximate surface area is 98.8 Å². The van der Waals surface area contributed by atoms with E-state index in [9.17, 15) is 14.7 Å². The van der Waals surface area contributed by atoms with Gasteiger partial charge in [0.2, 0.25) is 0 Å². The highest BCUT2D eigenvalue weighted by Gasteiger charge is 2.26. The molecule has 0 aromatic heterocycles. The number of hydrogen-bond donors (Lipinski definition) is 3. The molecule has 0 bridgehead atoms. The normalized spacial score (nSPS) is 14.2. The molecule has 0 unspecified atom stereocenters. The highest BCUT2D eigenvalue weighted by atomic mass is 16.3. The lowest BCUT2D eigenvalue weighted by Crippen LogP contribution is -2.36. The van der Waals surface area contributed by atoms with Gasteiger partial charge in [-0.15, -0.1) is 0 Å². The molecule has 1 saturated carbocycles. The number of hydrogen-bond acceptors (Lipinski definition) is 3. The minimum absolute atomic E-state index is 0.0439. The van der Waals surface area contributed by atoms with E-state index in [0.717, 1.165) is 18.4 Å². The van der Waals surface area contributed by atoms with Crippen molar-refractivity contribution in [3.63, 3.8) is 0 Å². The first kappa shape index (κ1) is 11.4. The molecule has 90 valence electrons. The predicted octanol–water partition coefficient (Wildman–Crippen LogP) is 0.918. The van der Waals surface area contributed by atoms with Gasteiger partial charge in [0, 0.05) is 6.04 Å². The zero-order valence-electron chi connectivity index (χ0n) is 9.49. The van der Waals surface area contributed by atoms with Crippen LogP contribution in [0.5, 0.6) is 5.75 Å². The summed E-state index contributed by atoms with van der Waals surface area (Å²) in [4.78, 5) is 22.8. The molecule has 0 heterocycles. The summed E-state index contributed by atoms with van der Waals surface area (Å²) < 4.78 is 0. The molecule has 1 aromatic carbocycles. The minimum Gasteiger partial charge on any atom is -0.506 e. The molecular formula is C12H14N2O3. The van der Waals surface area contributed by atoms with Crippen LogP contribution < -0.4 is 10.6 Å². The summed E-state index contributed by atoms with van der Waals surface area (Å²) in [5.41, 5.74) is 1.12. The van der Waals surface area contributed by atoms with E-state index in [1.165, 1.54) is 6.07 Å². The van der Waals surface area contributed by atoms with Gasteiger partial charge in [-0.25, -0.2) is 0 Å². The van der Waals surface area contributed by atoms with Crippen molar-refractivity contribution in [3.05, 3.63) is 23.8 Å². The number of phenols is 1. The van der Waals surface area contributed by atoms with Gasteiger partial charge in [-0.2, -0.15) is 0 Å². The summed E-state index contributed by atoms with van der Waals surface area (Å²) in [6, 6.07) is 4.97. The molecule has 0 aliphatic heterocycles. The summed E-state index contributed by atoms with van der Waals surface area (Å²) >= 11 is 0. The molecule has 0 spiro atoms. The van der Waals surface area contributed by atoms with Crippen LogP contribution in [0.1, 0.15) is 18.4 Å². The second kappa shape index (κ2) is 4.45. The van der Waals surface area contributed by atoms with Crippen LogP contribution in [0.3, 0.4) is 0 Å². The Kier molecular flexibility index (Phi) is 2.99. The maximum Gasteiger partial charge on any atom is 0.313 e. The second-order valence-electron chi connectivity index (χ2n) is 4.22. The first-order valence-corrected chi connectivity index (χ1v) is 5.48. The molecule has 1 aliphatic carbocycles. The van der Waals surface area contributed by atoms with E-state index in [4.69, 9.17) is 0 Å². The Morgan fingerprint density at radius 3 is 2.59 bits per heavy atom. The molecule has 0 saturated heterocycles. The Bertz CT molecular complexity index is 467. The number of nitrogens with one attached hydrogen (secondary N) is 2. The first-order chi connectivity index (χ1) is 8.06. The lowest BCUT2D eigenvalue weighted by Gasteiger charge is -2.07. The van der Waals surface area contributed by atoms with Crippen LogP contribution in [-0.4, -0.2) is 23.0 Å². The third kappa shape index (κ3) is 2.96. The van der Waals surface area contributed by atoms with Crippen molar-refractivity contribution in [2.75, 3.05) is 5.32 Å². The average molecular weight is 234 g/mol. The zero-order valence-corrected chi connectivity index (χ0v) is 9.49. The number of rotatable bonds is 2. The Morgan fingerprint density at radius 2 is 2.00 bits per heavy atom. The van der Waals surface area contributed by atoms with Crippen LogP contribution in [-0.2, 0) is 9.59 Å². The van der Waals surface area contributed by atoms with Crippen molar-refractivity contribution in [1.29, 1.82) is 0 Å². The minimum atomic E-state index is -0.754. The van der Waals surface area contributed by atoms with Gasteiger partial charge >= 0.3 is 11.8 Å². The van der Waals surface area contributed by atoms with Crippen LogP contribution in [0.2, 0.25) is 0 Å². The summed E-state index contributed by atoms with van der Waals surface area (Å²) in [6.45, 7) is 1.82. The third-order valence-electron chi connectivity index (χ3n) is 2.52. The molecule has 5 heteroatoms. The monoisotopic (exact) mass is 234 g/mol. The summed E-state index contributed by atoms with van der Waals surface area (Å²) in [5.74, 6) is -1.46. The maximum absolute atomic E-state index is 11.5. The number of amides is 2. The lowest BCUT2D eigenvalue weighted by atomic mass is 10.2. The molecule has 3 N–H and O–H groups in total. The highest BCUT2D eigenvalue weighted by molar-refractivity contribution is 6.39. The second-order valence-corrected chi connectivity index (χ2v) is 4.22. The number of phenolic OH excluding ortho intramolecular Hbond substituents is 1. The number of aryl methyl sites for hydroxylation is 1. The molecular weight excluding hydrogens is 220 g/mol. The van der Waals surface area contributed by atoms with Crippen molar-refractivity contribution in [2.24, 2.45) is 0 Å². The fourth-order valence-corrected chi connectivity index (χ4v) is 1.41. The van der Waals surface area contributed by atoms with Gasteiger partial charge in [-0.05, 0) is 37.5 Å². The van der Waals surface area contributed by atoms with Gasteiger partial charge in [-0.1, -0.05) is 6.07 Å². The number of anilines is 1. The van der Waals surface area contributed by atoms with Crippen molar-refractivity contribution >= 4 is 17.5 Å². The van der Waals surface area contributed by atoms with Gasteiger partial charge in [0.25, 0.3) is 0 Å². The number of carbonyl (C=O) groups excluding carboxylic acids is 2. The molecule has 2 amide bonds. The average Bonchev–Trinajstić information content (AvgIpc) is 3.06. The van der Waals surface area contributed by atoms with Crippen LogP contribution in [0, 0.1) is 6.92 Å². The number of benzene rings is 1. The molecule has 2 rings (SSSR count). The van der Waals surface area contributed by atoms with Crippen LogP contribution in [0.4, 0.5) is 5.69 Å². The van der Waals surface area contributed by atoms with E-state index >= 15 is 0 Å². The topological polar surface area (TPSA) is 78.4 Å². The Hall–Kier alpha value is -2.04. The van der Waals surface area contributed by atoms with E-state index in [0.29, 0.717) is 0 Å². The fraction of sp³-hybridized carbons (Fsp3) is 0.333. The molecule has 5 nitrogen and oxygen atoms in total. The molecule has 1 aliphatic rings. The standard InChI is InChI=1S/C12H14N2O3/c1-7-2-5-9(10(15)6-7)14-12(17)11(16)13-8-3-4-8/h2,5-6,8,15H,3-4H2,1H3,(H,13,16)(H,14,17). The van der Waals surface area contributed by atoms with E-state index < -0.39 is 11.8 Å². The summed E-state index contributed by atoms with van der Waals surface area (Å²) in [6.07, 6.45) is 1.85. The van der Waals surface area contributed by atoms with Gasteiger partial charge in [0.15, 0.2) is 0 Å². The van der Waals surface area contributed by atoms with Crippen LogP contribution in [0.15, 0.2) is 18.2 Å². The quantitative estimate of drug-likeness (QED) is 0.526. The maximum atomic E-state index is 11.5. The lowest BCUT2D eigenvalue weighted by molar-refractivity contribution is -0.136. The highest BCUT2D eigenvalue weighted by Crippen LogP contribution is 2.24. The van der Waals surface area contributed by atoms with Gasteiger partial charge in [-0.3, -0.25) is 9.59 Å². The van der Waals surface area contributed by atoms with Crippen molar-refractivity contribution in [2.45, 2.75) is 25.8 Å². The number of carbonyl (C=O) groups is 2. The zero-order chi connectivity index (χ0) is 12.4. The molecule has 1 aromatic rings. The smallest absolute Gasteiger partial charge is 0.313 e.